The number of aromatic nitrogens is 3. The van der Waals surface area contributed by atoms with E-state index in [1.807, 2.05) is 66.7 Å². The Kier molecular flexibility index (Phi) is 7.55. The summed E-state index contributed by atoms with van der Waals surface area (Å²) in [6.07, 6.45) is 0.714. The zero-order valence-electron chi connectivity index (χ0n) is 17.8. The topological polar surface area (TPSA) is 71.9 Å². The second-order valence-corrected chi connectivity index (χ2v) is 8.29. The molecule has 3 aromatic carbocycles. The molecule has 0 radical (unpaired) electrons. The first-order chi connectivity index (χ1) is 16.1. The van der Waals surface area contributed by atoms with Gasteiger partial charge in [-0.25, -0.2) is 0 Å². The molecule has 0 unspecified atom stereocenters. The Balaban J connectivity index is 1.27. The second-order valence-electron chi connectivity index (χ2n) is 7.46. The molecular weight excluding hydrogens is 456 g/mol. The van der Waals surface area contributed by atoms with Gasteiger partial charge in [0, 0.05) is 17.1 Å². The van der Waals surface area contributed by atoms with Crippen LogP contribution in [0.1, 0.15) is 11.1 Å². The molecule has 0 spiro atoms. The number of carbonyl (C=O) groups excluding carboxylic acids is 1. The van der Waals surface area contributed by atoms with Crippen molar-refractivity contribution in [1.29, 1.82) is 0 Å². The zero-order valence-corrected chi connectivity index (χ0v) is 19.4. The average molecular weight is 479 g/mol. The Bertz CT molecular complexity index is 1250. The van der Waals surface area contributed by atoms with Crippen molar-refractivity contribution in [2.75, 3.05) is 6.54 Å². The highest BCUT2D eigenvalue weighted by Gasteiger charge is 2.12. The van der Waals surface area contributed by atoms with Crippen molar-refractivity contribution >= 4 is 29.7 Å². The van der Waals surface area contributed by atoms with Gasteiger partial charge in [0.15, 0.2) is 10.6 Å². The molecule has 1 heterocycles. The molecule has 0 aliphatic carbocycles. The molecule has 168 valence electrons. The third kappa shape index (κ3) is 6.31. The minimum absolute atomic E-state index is 0.0829. The van der Waals surface area contributed by atoms with Crippen molar-refractivity contribution in [1.82, 2.24) is 20.1 Å². The summed E-state index contributed by atoms with van der Waals surface area (Å²) in [6, 6.07) is 25.2. The third-order valence-corrected chi connectivity index (χ3v) is 5.63. The number of hydrogen-bond donors (Lipinski definition) is 2. The van der Waals surface area contributed by atoms with Crippen LogP contribution in [-0.4, -0.2) is 27.2 Å². The van der Waals surface area contributed by atoms with E-state index in [0.717, 1.165) is 22.4 Å². The van der Waals surface area contributed by atoms with E-state index in [4.69, 9.17) is 28.6 Å². The van der Waals surface area contributed by atoms with Crippen LogP contribution in [0.15, 0.2) is 78.9 Å². The van der Waals surface area contributed by atoms with Crippen LogP contribution in [-0.2, 0) is 24.4 Å². The number of nitrogens with one attached hydrogen (secondary N) is 2. The van der Waals surface area contributed by atoms with Crippen molar-refractivity contribution in [3.63, 3.8) is 0 Å². The Hall–Kier alpha value is -3.42. The summed E-state index contributed by atoms with van der Waals surface area (Å²) in [7, 11) is 0. The first kappa shape index (κ1) is 22.8. The summed E-state index contributed by atoms with van der Waals surface area (Å²) in [5, 5.41) is 10.6. The maximum Gasteiger partial charge on any atom is 0.240 e. The maximum atomic E-state index is 12.5. The number of amides is 1. The SMILES string of the molecule is O=C(Cn1c(-c2ccc(Cl)cc2)n[nH]c1=S)NCCc1ccc(OCc2ccccc2)cc1. The van der Waals surface area contributed by atoms with Crippen LogP contribution in [0.3, 0.4) is 0 Å². The van der Waals surface area contributed by atoms with Gasteiger partial charge in [-0.2, -0.15) is 5.10 Å². The summed E-state index contributed by atoms with van der Waals surface area (Å²) in [4.78, 5) is 12.5. The standard InChI is InChI=1S/C25H23ClN4O2S/c26-21-10-8-20(9-11-21)24-28-29-25(33)30(24)16-23(31)27-15-14-18-6-12-22(13-7-18)32-17-19-4-2-1-3-5-19/h1-13H,14-17H2,(H,27,31)(H,29,33). The van der Waals surface area contributed by atoms with Gasteiger partial charge < -0.3 is 10.1 Å². The largest absolute Gasteiger partial charge is 0.489 e. The van der Waals surface area contributed by atoms with Gasteiger partial charge in [-0.15, -0.1) is 0 Å². The first-order valence-electron chi connectivity index (χ1n) is 10.5. The number of benzene rings is 3. The highest BCUT2D eigenvalue weighted by molar-refractivity contribution is 7.71. The molecule has 0 aliphatic heterocycles. The van der Waals surface area contributed by atoms with Gasteiger partial charge >= 0.3 is 0 Å². The third-order valence-electron chi connectivity index (χ3n) is 5.07. The van der Waals surface area contributed by atoms with Gasteiger partial charge in [-0.1, -0.05) is 54.1 Å². The Morgan fingerprint density at radius 2 is 1.73 bits per heavy atom. The summed E-state index contributed by atoms with van der Waals surface area (Å²) in [5.74, 6) is 1.28. The van der Waals surface area contributed by atoms with E-state index in [-0.39, 0.29) is 12.5 Å². The van der Waals surface area contributed by atoms with E-state index < -0.39 is 0 Å². The van der Waals surface area contributed by atoms with Gasteiger partial charge in [0.05, 0.1) is 0 Å². The minimum Gasteiger partial charge on any atom is -0.489 e. The van der Waals surface area contributed by atoms with E-state index in [1.54, 1.807) is 16.7 Å². The first-order valence-corrected chi connectivity index (χ1v) is 11.3. The number of aromatic amines is 1. The van der Waals surface area contributed by atoms with Gasteiger partial charge in [0.1, 0.15) is 18.9 Å². The summed E-state index contributed by atoms with van der Waals surface area (Å²) in [6.45, 7) is 1.13. The Morgan fingerprint density at radius 1 is 1.00 bits per heavy atom. The number of rotatable bonds is 9. The number of halogens is 1. The minimum atomic E-state index is -0.134. The zero-order chi connectivity index (χ0) is 23.0. The number of ether oxygens (including phenoxy) is 1. The Morgan fingerprint density at radius 3 is 2.45 bits per heavy atom. The van der Waals surface area contributed by atoms with E-state index in [9.17, 15) is 4.79 Å². The number of nitrogens with zero attached hydrogens (tertiary/aromatic N) is 2. The van der Waals surface area contributed by atoms with Crippen molar-refractivity contribution in [3.05, 3.63) is 99.8 Å². The molecule has 0 saturated carbocycles. The van der Waals surface area contributed by atoms with Crippen molar-refractivity contribution in [2.45, 2.75) is 19.6 Å². The van der Waals surface area contributed by atoms with Crippen LogP contribution in [0.25, 0.3) is 11.4 Å². The molecule has 1 amide bonds. The molecular formula is C25H23ClN4O2S. The van der Waals surface area contributed by atoms with Gasteiger partial charge in [0.2, 0.25) is 5.91 Å². The van der Waals surface area contributed by atoms with Crippen LogP contribution in [0, 0.1) is 4.77 Å². The molecule has 0 fully saturated rings. The van der Waals surface area contributed by atoms with Crippen LogP contribution < -0.4 is 10.1 Å². The molecule has 0 atom stereocenters. The number of H-pyrrole nitrogens is 1. The molecule has 33 heavy (non-hydrogen) atoms. The molecule has 0 saturated heterocycles. The lowest BCUT2D eigenvalue weighted by atomic mass is 10.1. The van der Waals surface area contributed by atoms with Gasteiger partial charge in [-0.3, -0.25) is 14.5 Å². The van der Waals surface area contributed by atoms with Crippen LogP contribution in [0.4, 0.5) is 0 Å². The van der Waals surface area contributed by atoms with Crippen molar-refractivity contribution in [2.24, 2.45) is 0 Å². The quantitative estimate of drug-likeness (QED) is 0.324. The Labute approximate surface area is 202 Å². The number of carbonyl (C=O) groups is 1. The summed E-state index contributed by atoms with van der Waals surface area (Å²) >= 11 is 11.3. The average Bonchev–Trinajstić information content (AvgIpc) is 3.19. The molecule has 0 aliphatic rings. The van der Waals surface area contributed by atoms with Gasteiger partial charge in [0.25, 0.3) is 0 Å². The van der Waals surface area contributed by atoms with E-state index in [1.165, 1.54) is 0 Å². The lowest BCUT2D eigenvalue weighted by Gasteiger charge is -2.09. The predicted octanol–water partition coefficient (Wildman–Crippen LogP) is 5.20. The number of hydrogen-bond acceptors (Lipinski definition) is 4. The lowest BCUT2D eigenvalue weighted by molar-refractivity contribution is -0.121. The van der Waals surface area contributed by atoms with Crippen molar-refractivity contribution in [3.8, 4) is 17.1 Å². The van der Waals surface area contributed by atoms with Crippen LogP contribution >= 0.6 is 23.8 Å². The molecule has 1 aromatic heterocycles. The summed E-state index contributed by atoms with van der Waals surface area (Å²) < 4.78 is 7.88. The van der Waals surface area contributed by atoms with E-state index in [2.05, 4.69) is 15.5 Å². The van der Waals surface area contributed by atoms with Crippen molar-refractivity contribution < 1.29 is 9.53 Å². The normalized spacial score (nSPS) is 10.7. The van der Waals surface area contributed by atoms with E-state index >= 15 is 0 Å². The smallest absolute Gasteiger partial charge is 0.240 e. The lowest BCUT2D eigenvalue weighted by Crippen LogP contribution is -2.29. The molecule has 4 aromatic rings. The van der Waals surface area contributed by atoms with Crippen LogP contribution in [0.5, 0.6) is 5.75 Å². The molecule has 4 rings (SSSR count). The summed E-state index contributed by atoms with van der Waals surface area (Å²) in [5.41, 5.74) is 3.07. The fourth-order valence-electron chi connectivity index (χ4n) is 3.32. The molecule has 8 heteroatoms. The highest BCUT2D eigenvalue weighted by atomic mass is 35.5. The second kappa shape index (κ2) is 10.9. The molecule has 6 nitrogen and oxygen atoms in total. The fourth-order valence-corrected chi connectivity index (χ4v) is 3.65. The van der Waals surface area contributed by atoms with Crippen LogP contribution in [0.2, 0.25) is 5.02 Å². The molecule has 0 bridgehead atoms. The van der Waals surface area contributed by atoms with E-state index in [0.29, 0.717) is 35.2 Å². The fraction of sp³-hybridized carbons (Fsp3) is 0.160. The van der Waals surface area contributed by atoms with Gasteiger partial charge in [-0.05, 0) is 66.2 Å². The highest BCUT2D eigenvalue weighted by Crippen LogP contribution is 2.20. The monoisotopic (exact) mass is 478 g/mol. The predicted molar refractivity (Wildman–Crippen MR) is 132 cm³/mol. The maximum absolute atomic E-state index is 12.5. The molecule has 2 N–H and O–H groups in total.